The first-order chi connectivity index (χ1) is 35.2. The first-order valence-corrected chi connectivity index (χ1v) is 28.9. The van der Waals surface area contributed by atoms with Crippen LogP contribution in [-0.4, -0.2) is 100 Å². The highest BCUT2D eigenvalue weighted by Crippen LogP contribution is 2.23. The molecule has 11 nitrogen and oxygen atoms in total. The van der Waals surface area contributed by atoms with Gasteiger partial charge in [0.1, 0.15) is 24.4 Å². The first-order valence-electron chi connectivity index (χ1n) is 28.9. The van der Waals surface area contributed by atoms with Gasteiger partial charge in [0, 0.05) is 12.8 Å². The molecule has 1 rings (SSSR count). The minimum absolute atomic E-state index is 0.0454. The quantitative estimate of drug-likeness (QED) is 0.0149. The zero-order valence-electron chi connectivity index (χ0n) is 45.4. The molecule has 1 fully saturated rings. The predicted molar refractivity (Wildman–Crippen MR) is 296 cm³/mol. The second-order valence-electron chi connectivity index (χ2n) is 19.6. The van der Waals surface area contributed by atoms with Gasteiger partial charge in [-0.1, -0.05) is 189 Å². The highest BCUT2D eigenvalue weighted by Gasteiger charge is 2.44. The Hall–Kier alpha value is -3.16. The van der Waals surface area contributed by atoms with Gasteiger partial charge in [0.15, 0.2) is 6.29 Å². The van der Waals surface area contributed by atoms with Crippen molar-refractivity contribution in [3.8, 4) is 0 Å². The van der Waals surface area contributed by atoms with E-state index in [2.05, 4.69) is 92.1 Å². The minimum Gasteiger partial charge on any atom is -0.466 e. The van der Waals surface area contributed by atoms with Crippen LogP contribution in [0.4, 0.5) is 0 Å². The lowest BCUT2D eigenvalue weighted by molar-refractivity contribution is -0.302. The highest BCUT2D eigenvalue weighted by molar-refractivity contribution is 5.76. The van der Waals surface area contributed by atoms with Crippen molar-refractivity contribution in [3.63, 3.8) is 0 Å². The van der Waals surface area contributed by atoms with Crippen LogP contribution in [0.25, 0.3) is 0 Å². The number of aliphatic hydroxyl groups excluding tert-OH is 5. The zero-order valence-corrected chi connectivity index (χ0v) is 45.4. The van der Waals surface area contributed by atoms with Gasteiger partial charge in [-0.2, -0.15) is 0 Å². The number of amides is 1. The monoisotopic (exact) mass is 1010 g/mol. The summed E-state index contributed by atoms with van der Waals surface area (Å²) >= 11 is 0. The largest absolute Gasteiger partial charge is 0.466 e. The number of unbranched alkanes of at least 4 members (excludes halogenated alkanes) is 23. The van der Waals surface area contributed by atoms with Crippen molar-refractivity contribution in [3.05, 3.63) is 85.1 Å². The molecule has 1 amide bonds. The van der Waals surface area contributed by atoms with Gasteiger partial charge in [-0.15, -0.1) is 0 Å². The summed E-state index contributed by atoms with van der Waals surface area (Å²) in [5, 5.41) is 54.2. The second-order valence-corrected chi connectivity index (χ2v) is 19.6. The number of hydrogen-bond donors (Lipinski definition) is 6. The average molecular weight is 1010 g/mol. The Morgan fingerprint density at radius 1 is 0.528 bits per heavy atom. The number of allylic oxidation sites excluding steroid dienone is 13. The number of esters is 1. The Balaban J connectivity index is 2.11. The molecule has 0 aromatic rings. The lowest BCUT2D eigenvalue weighted by Crippen LogP contribution is -2.60. The SMILES string of the molecule is CCC/C=C/CC/C=C/CC/C=C/C(O)C(COC1OC(CO)C(O)C(O)C1O)NC(=O)CCCCCCCCCCCC/C=C\C=C/CCCCCOC(=O)CCCCCCC/C=C\C/C=C\CCCC. The topological polar surface area (TPSA) is 175 Å². The van der Waals surface area contributed by atoms with Crippen molar-refractivity contribution in [2.24, 2.45) is 0 Å². The summed E-state index contributed by atoms with van der Waals surface area (Å²) in [6.07, 6.45) is 56.8. The van der Waals surface area contributed by atoms with Gasteiger partial charge in [-0.25, -0.2) is 0 Å². The zero-order chi connectivity index (χ0) is 52.4. The molecule has 1 saturated heterocycles. The fraction of sp³-hybridized carbons (Fsp3) is 0.738. The van der Waals surface area contributed by atoms with Crippen LogP contribution in [0, 0.1) is 0 Å². The minimum atomic E-state index is -1.59. The summed E-state index contributed by atoms with van der Waals surface area (Å²) < 4.78 is 16.6. The van der Waals surface area contributed by atoms with Crippen molar-refractivity contribution in [1.29, 1.82) is 0 Å². The molecule has 1 aliphatic rings. The molecule has 1 heterocycles. The van der Waals surface area contributed by atoms with E-state index in [0.717, 1.165) is 116 Å². The summed E-state index contributed by atoms with van der Waals surface area (Å²) in [6, 6.07) is -0.844. The molecule has 72 heavy (non-hydrogen) atoms. The van der Waals surface area contributed by atoms with Crippen LogP contribution in [0.2, 0.25) is 0 Å². The van der Waals surface area contributed by atoms with Crippen LogP contribution >= 0.6 is 0 Å². The van der Waals surface area contributed by atoms with Gasteiger partial charge in [0.25, 0.3) is 0 Å². The van der Waals surface area contributed by atoms with Gasteiger partial charge in [0.05, 0.1) is 32.0 Å². The Labute approximate surface area is 438 Å². The van der Waals surface area contributed by atoms with Crippen molar-refractivity contribution in [2.45, 2.75) is 269 Å². The molecule has 0 aliphatic carbocycles. The second kappa shape index (κ2) is 50.0. The van der Waals surface area contributed by atoms with Crippen molar-refractivity contribution < 1.29 is 49.3 Å². The van der Waals surface area contributed by atoms with E-state index >= 15 is 0 Å². The summed E-state index contributed by atoms with van der Waals surface area (Å²) in [5.74, 6) is -0.256. The Morgan fingerprint density at radius 2 is 1.01 bits per heavy atom. The van der Waals surface area contributed by atoms with Crippen LogP contribution < -0.4 is 5.32 Å². The van der Waals surface area contributed by atoms with E-state index in [9.17, 15) is 35.1 Å². The van der Waals surface area contributed by atoms with Crippen LogP contribution in [0.5, 0.6) is 0 Å². The summed E-state index contributed by atoms with van der Waals surface area (Å²) in [4.78, 5) is 25.0. The van der Waals surface area contributed by atoms with Crippen molar-refractivity contribution in [1.82, 2.24) is 5.32 Å². The van der Waals surface area contributed by atoms with E-state index in [1.165, 1.54) is 77.0 Å². The smallest absolute Gasteiger partial charge is 0.305 e. The van der Waals surface area contributed by atoms with Crippen LogP contribution in [-0.2, 0) is 23.8 Å². The van der Waals surface area contributed by atoms with E-state index < -0.39 is 49.5 Å². The summed E-state index contributed by atoms with van der Waals surface area (Å²) in [6.45, 7) is 4.13. The Bertz CT molecular complexity index is 1470. The molecule has 0 aromatic carbocycles. The van der Waals surface area contributed by atoms with E-state index in [0.29, 0.717) is 25.9 Å². The molecule has 1 aliphatic heterocycles. The molecule has 6 N–H and O–H groups in total. The molecule has 11 heteroatoms. The molecule has 7 unspecified atom stereocenters. The third kappa shape index (κ3) is 39.3. The fourth-order valence-corrected chi connectivity index (χ4v) is 8.30. The fourth-order valence-electron chi connectivity index (χ4n) is 8.30. The van der Waals surface area contributed by atoms with Crippen molar-refractivity contribution >= 4 is 11.9 Å². The maximum absolute atomic E-state index is 13.0. The third-order valence-electron chi connectivity index (χ3n) is 12.9. The average Bonchev–Trinajstić information content (AvgIpc) is 3.38. The van der Waals surface area contributed by atoms with Gasteiger partial charge in [0.2, 0.25) is 5.91 Å². The first kappa shape index (κ1) is 66.9. The van der Waals surface area contributed by atoms with E-state index in [1.54, 1.807) is 6.08 Å². The Kier molecular flexibility index (Phi) is 46.4. The third-order valence-corrected chi connectivity index (χ3v) is 12.9. The molecule has 414 valence electrons. The molecule has 0 aromatic heterocycles. The number of ether oxygens (including phenoxy) is 3. The number of carbonyl (C=O) groups excluding carboxylic acids is 2. The number of aliphatic hydroxyl groups is 5. The van der Waals surface area contributed by atoms with Gasteiger partial charge >= 0.3 is 5.97 Å². The molecular weight excluding hydrogens is 907 g/mol. The lowest BCUT2D eigenvalue weighted by atomic mass is 9.99. The number of nitrogens with one attached hydrogen (secondary N) is 1. The van der Waals surface area contributed by atoms with E-state index in [4.69, 9.17) is 14.2 Å². The van der Waals surface area contributed by atoms with E-state index in [-0.39, 0.29) is 18.5 Å². The number of carbonyl (C=O) groups is 2. The standard InChI is InChI=1S/C61H105NO10/c1-3-5-7-9-11-13-15-16-25-29-33-37-41-45-49-57(66)70-50-46-42-38-34-30-26-23-21-19-17-18-20-22-24-28-32-36-40-44-48-56(65)62-53(52-71-61-60(69)59(68)58(67)55(51-63)72-61)54(64)47-43-39-35-31-27-14-12-10-8-6-4-2/h8-11,15-16,21,23,26-27,30-31,43,47,53-55,58-61,63-64,67-69H,3-7,12-14,17-20,22,24-25,28-29,32-42,44-46,48-52H2,1-2H3,(H,62,65)/b10-8+,11-9-,16-15-,23-21-,30-26-,31-27+,47-43+. The van der Waals surface area contributed by atoms with Crippen LogP contribution in [0.15, 0.2) is 85.1 Å². The van der Waals surface area contributed by atoms with Crippen molar-refractivity contribution in [2.75, 3.05) is 19.8 Å². The predicted octanol–water partition coefficient (Wildman–Crippen LogP) is 13.0. The lowest BCUT2D eigenvalue weighted by Gasteiger charge is -2.40. The van der Waals surface area contributed by atoms with Gasteiger partial charge in [-0.3, -0.25) is 9.59 Å². The Morgan fingerprint density at radius 3 is 1.58 bits per heavy atom. The van der Waals surface area contributed by atoms with Crippen LogP contribution in [0.3, 0.4) is 0 Å². The van der Waals surface area contributed by atoms with Gasteiger partial charge < -0.3 is 45.1 Å². The number of rotatable bonds is 48. The molecule has 7 atom stereocenters. The van der Waals surface area contributed by atoms with Gasteiger partial charge in [-0.05, 0) is 109 Å². The number of hydrogen-bond acceptors (Lipinski definition) is 10. The molecule has 0 bridgehead atoms. The van der Waals surface area contributed by atoms with Crippen LogP contribution in [0.1, 0.15) is 226 Å². The highest BCUT2D eigenvalue weighted by atomic mass is 16.7. The molecular formula is C61H105NO10. The maximum atomic E-state index is 13.0. The molecule has 0 radical (unpaired) electrons. The normalized spacial score (nSPS) is 19.7. The molecule has 0 saturated carbocycles. The summed E-state index contributed by atoms with van der Waals surface area (Å²) in [5.41, 5.74) is 0. The van der Waals surface area contributed by atoms with E-state index in [1.807, 2.05) is 6.08 Å². The molecule has 0 spiro atoms. The maximum Gasteiger partial charge on any atom is 0.305 e. The summed E-state index contributed by atoms with van der Waals surface area (Å²) in [7, 11) is 0.